The molecule has 0 aliphatic rings. The molecule has 130 valence electrons. The van der Waals surface area contributed by atoms with Crippen molar-refractivity contribution in [2.45, 2.75) is 0 Å². The van der Waals surface area contributed by atoms with Crippen molar-refractivity contribution in [3.8, 4) is 5.75 Å². The van der Waals surface area contributed by atoms with Crippen molar-refractivity contribution >= 4 is 57.8 Å². The minimum absolute atomic E-state index is 0.0655. The van der Waals surface area contributed by atoms with Crippen LogP contribution in [0, 0.1) is 10.1 Å². The van der Waals surface area contributed by atoms with E-state index in [4.69, 9.17) is 40.2 Å². The van der Waals surface area contributed by atoms with E-state index in [1.807, 2.05) is 0 Å². The summed E-state index contributed by atoms with van der Waals surface area (Å²) >= 11 is 16.7. The number of nitrogens with one attached hydrogen (secondary N) is 2. The first kappa shape index (κ1) is 18.9. The molecule has 1 amide bonds. The lowest BCUT2D eigenvalue weighted by Gasteiger charge is -2.11. The van der Waals surface area contributed by atoms with Gasteiger partial charge in [0.05, 0.1) is 15.0 Å². The smallest absolute Gasteiger partial charge is 0.269 e. The molecule has 10 heteroatoms. The SMILES string of the molecule is O=C(COc1ccc([N+](=O)[O-])cc1)NC(=S)Nc1ccc(Cl)c(Cl)c1. The quantitative estimate of drug-likeness (QED) is 0.451. The number of nitrogens with zero attached hydrogens (tertiary/aromatic N) is 1. The Labute approximate surface area is 158 Å². The number of anilines is 1. The highest BCUT2D eigenvalue weighted by Crippen LogP contribution is 2.24. The number of rotatable bonds is 5. The van der Waals surface area contributed by atoms with E-state index in [1.54, 1.807) is 18.2 Å². The summed E-state index contributed by atoms with van der Waals surface area (Å²) in [4.78, 5) is 21.8. The molecule has 0 heterocycles. The summed E-state index contributed by atoms with van der Waals surface area (Å²) in [7, 11) is 0. The van der Waals surface area contributed by atoms with Gasteiger partial charge < -0.3 is 10.1 Å². The zero-order valence-electron chi connectivity index (χ0n) is 12.5. The Morgan fingerprint density at radius 3 is 2.44 bits per heavy atom. The molecule has 0 aliphatic carbocycles. The molecule has 0 saturated heterocycles. The van der Waals surface area contributed by atoms with Crippen LogP contribution in [0.5, 0.6) is 5.75 Å². The van der Waals surface area contributed by atoms with Crippen molar-refractivity contribution in [2.24, 2.45) is 0 Å². The van der Waals surface area contributed by atoms with Crippen LogP contribution in [0.15, 0.2) is 42.5 Å². The molecule has 2 aromatic carbocycles. The second-order valence-electron chi connectivity index (χ2n) is 4.67. The van der Waals surface area contributed by atoms with E-state index in [1.165, 1.54) is 24.3 Å². The van der Waals surface area contributed by atoms with Gasteiger partial charge in [0.15, 0.2) is 11.7 Å². The number of nitro benzene ring substituents is 1. The molecule has 0 spiro atoms. The van der Waals surface area contributed by atoms with Crippen LogP contribution in [-0.2, 0) is 4.79 Å². The molecule has 0 aromatic heterocycles. The van der Waals surface area contributed by atoms with Crippen LogP contribution in [-0.4, -0.2) is 22.5 Å². The lowest BCUT2D eigenvalue weighted by Crippen LogP contribution is -2.37. The lowest BCUT2D eigenvalue weighted by molar-refractivity contribution is -0.384. The number of carbonyl (C=O) groups is 1. The lowest BCUT2D eigenvalue weighted by atomic mass is 10.3. The average molecular weight is 400 g/mol. The van der Waals surface area contributed by atoms with Crippen LogP contribution >= 0.6 is 35.4 Å². The first-order valence-electron chi connectivity index (χ1n) is 6.78. The second kappa shape index (κ2) is 8.61. The van der Waals surface area contributed by atoms with Crippen molar-refractivity contribution in [2.75, 3.05) is 11.9 Å². The van der Waals surface area contributed by atoms with E-state index in [0.29, 0.717) is 21.5 Å². The van der Waals surface area contributed by atoms with E-state index < -0.39 is 10.8 Å². The molecule has 0 radical (unpaired) electrons. The van der Waals surface area contributed by atoms with Gasteiger partial charge in [0.1, 0.15) is 5.75 Å². The molecule has 2 aromatic rings. The summed E-state index contributed by atoms with van der Waals surface area (Å²) in [6.07, 6.45) is 0. The number of ether oxygens (including phenoxy) is 1. The molecule has 0 unspecified atom stereocenters. The zero-order valence-corrected chi connectivity index (χ0v) is 14.8. The molecule has 0 saturated carbocycles. The van der Waals surface area contributed by atoms with Gasteiger partial charge in [0, 0.05) is 17.8 Å². The summed E-state index contributed by atoms with van der Waals surface area (Å²) in [5, 5.41) is 16.6. The maximum atomic E-state index is 11.8. The Kier molecular flexibility index (Phi) is 6.51. The standard InChI is InChI=1S/C15H11Cl2N3O4S/c16-12-6-1-9(7-13(12)17)18-15(25)19-14(21)8-24-11-4-2-10(3-5-11)20(22)23/h1-7H,8H2,(H2,18,19,21,25). The van der Waals surface area contributed by atoms with Gasteiger partial charge in [-0.2, -0.15) is 0 Å². The average Bonchev–Trinajstić information content (AvgIpc) is 2.56. The summed E-state index contributed by atoms with van der Waals surface area (Å²) in [6, 6.07) is 10.2. The molecule has 2 rings (SSSR count). The highest BCUT2D eigenvalue weighted by molar-refractivity contribution is 7.80. The molecular formula is C15H11Cl2N3O4S. The van der Waals surface area contributed by atoms with Crippen molar-refractivity contribution in [3.05, 3.63) is 62.6 Å². The molecule has 7 nitrogen and oxygen atoms in total. The van der Waals surface area contributed by atoms with Gasteiger partial charge in [0.2, 0.25) is 0 Å². The Morgan fingerprint density at radius 1 is 1.16 bits per heavy atom. The number of hydrogen-bond acceptors (Lipinski definition) is 5. The van der Waals surface area contributed by atoms with Crippen LogP contribution < -0.4 is 15.4 Å². The predicted octanol–water partition coefficient (Wildman–Crippen LogP) is 3.79. The van der Waals surface area contributed by atoms with Crippen LogP contribution in [0.2, 0.25) is 10.0 Å². The Hall–Kier alpha value is -2.42. The maximum absolute atomic E-state index is 11.8. The van der Waals surface area contributed by atoms with E-state index in [0.717, 1.165) is 0 Å². The highest BCUT2D eigenvalue weighted by atomic mass is 35.5. The van der Waals surface area contributed by atoms with Crippen molar-refractivity contribution in [1.82, 2.24) is 5.32 Å². The normalized spacial score (nSPS) is 10.0. The number of carbonyl (C=O) groups excluding carboxylic acids is 1. The molecule has 0 fully saturated rings. The van der Waals surface area contributed by atoms with Crippen molar-refractivity contribution in [1.29, 1.82) is 0 Å². The summed E-state index contributed by atoms with van der Waals surface area (Å²) in [5.74, 6) is -0.167. The van der Waals surface area contributed by atoms with Crippen LogP contribution in [0.3, 0.4) is 0 Å². The van der Waals surface area contributed by atoms with E-state index >= 15 is 0 Å². The van der Waals surface area contributed by atoms with Gasteiger partial charge in [-0.25, -0.2) is 0 Å². The number of thiocarbonyl (C=S) groups is 1. The minimum atomic E-state index is -0.524. The van der Waals surface area contributed by atoms with Crippen LogP contribution in [0.1, 0.15) is 0 Å². The number of non-ortho nitro benzene ring substituents is 1. The van der Waals surface area contributed by atoms with E-state index in [2.05, 4.69) is 10.6 Å². The van der Waals surface area contributed by atoms with Crippen molar-refractivity contribution < 1.29 is 14.5 Å². The number of hydrogen-bond donors (Lipinski definition) is 2. The molecule has 0 atom stereocenters. The zero-order chi connectivity index (χ0) is 18.4. The Morgan fingerprint density at radius 2 is 1.84 bits per heavy atom. The minimum Gasteiger partial charge on any atom is -0.484 e. The number of amides is 1. The third-order valence-corrected chi connectivity index (χ3v) is 3.79. The predicted molar refractivity (Wildman–Crippen MR) is 99.4 cm³/mol. The fraction of sp³-hybridized carbons (Fsp3) is 0.0667. The van der Waals surface area contributed by atoms with Gasteiger partial charge in [-0.05, 0) is 42.5 Å². The van der Waals surface area contributed by atoms with Crippen LogP contribution in [0.4, 0.5) is 11.4 Å². The van der Waals surface area contributed by atoms with Gasteiger partial charge in [-0.1, -0.05) is 23.2 Å². The van der Waals surface area contributed by atoms with Gasteiger partial charge >= 0.3 is 0 Å². The Bertz CT molecular complexity index is 815. The summed E-state index contributed by atoms with van der Waals surface area (Å²) in [6.45, 7) is -0.305. The first-order chi connectivity index (χ1) is 11.8. The van der Waals surface area contributed by atoms with E-state index in [9.17, 15) is 14.9 Å². The molecule has 25 heavy (non-hydrogen) atoms. The van der Waals surface area contributed by atoms with Crippen LogP contribution in [0.25, 0.3) is 0 Å². The fourth-order valence-corrected chi connectivity index (χ4v) is 2.24. The van der Waals surface area contributed by atoms with Crippen molar-refractivity contribution in [3.63, 3.8) is 0 Å². The summed E-state index contributed by atoms with van der Waals surface area (Å²) < 4.78 is 5.23. The monoisotopic (exact) mass is 399 g/mol. The van der Waals surface area contributed by atoms with Gasteiger partial charge in [-0.3, -0.25) is 20.2 Å². The van der Waals surface area contributed by atoms with E-state index in [-0.39, 0.29) is 17.4 Å². The summed E-state index contributed by atoms with van der Waals surface area (Å²) in [5.41, 5.74) is 0.500. The number of benzene rings is 2. The third kappa shape index (κ3) is 5.86. The molecule has 0 aliphatic heterocycles. The fourth-order valence-electron chi connectivity index (χ4n) is 1.71. The molecular weight excluding hydrogens is 389 g/mol. The Balaban J connectivity index is 1.81. The van der Waals surface area contributed by atoms with Gasteiger partial charge in [0.25, 0.3) is 11.6 Å². The highest BCUT2D eigenvalue weighted by Gasteiger charge is 2.09. The first-order valence-corrected chi connectivity index (χ1v) is 7.94. The largest absolute Gasteiger partial charge is 0.484 e. The topological polar surface area (TPSA) is 93.5 Å². The number of halogens is 2. The third-order valence-electron chi connectivity index (χ3n) is 2.85. The maximum Gasteiger partial charge on any atom is 0.269 e. The van der Waals surface area contributed by atoms with Gasteiger partial charge in [-0.15, -0.1) is 0 Å². The number of nitro groups is 1. The molecule has 0 bridgehead atoms. The second-order valence-corrected chi connectivity index (χ2v) is 5.89. The molecule has 2 N–H and O–H groups in total.